The predicted octanol–water partition coefficient (Wildman–Crippen LogP) is 5.47. The van der Waals surface area contributed by atoms with E-state index in [0.29, 0.717) is 29.1 Å². The van der Waals surface area contributed by atoms with Crippen molar-refractivity contribution in [3.8, 4) is 0 Å². The Morgan fingerprint density at radius 2 is 1.47 bits per heavy atom. The van der Waals surface area contributed by atoms with E-state index in [4.69, 9.17) is 16.3 Å². The molecule has 0 unspecified atom stereocenters. The second-order valence-corrected chi connectivity index (χ2v) is 8.71. The third kappa shape index (κ3) is 5.90. The van der Waals surface area contributed by atoms with Gasteiger partial charge in [-0.25, -0.2) is 14.1 Å². The van der Waals surface area contributed by atoms with Crippen LogP contribution in [0.3, 0.4) is 0 Å². The summed E-state index contributed by atoms with van der Waals surface area (Å²) in [5, 5.41) is 5.20. The van der Waals surface area contributed by atoms with E-state index in [9.17, 15) is 23.6 Å². The minimum absolute atomic E-state index is 0.122. The van der Waals surface area contributed by atoms with E-state index in [1.807, 2.05) is 6.92 Å². The van der Waals surface area contributed by atoms with Crippen molar-refractivity contribution in [3.05, 3.63) is 100 Å². The smallest absolute Gasteiger partial charge is 0.338 e. The topological polar surface area (TPSA) is 105 Å². The Bertz CT molecular complexity index is 1400. The molecule has 194 valence electrons. The average molecular weight is 536 g/mol. The van der Waals surface area contributed by atoms with Crippen LogP contribution in [0.5, 0.6) is 0 Å². The fourth-order valence-electron chi connectivity index (χ4n) is 3.57. The fourth-order valence-corrected chi connectivity index (χ4v) is 3.78. The molecule has 0 aliphatic carbocycles. The highest BCUT2D eigenvalue weighted by Gasteiger charge is 2.39. The zero-order valence-electron chi connectivity index (χ0n) is 20.3. The Morgan fingerprint density at radius 1 is 0.868 bits per heavy atom. The van der Waals surface area contributed by atoms with Gasteiger partial charge in [0.15, 0.2) is 0 Å². The molecule has 38 heavy (non-hydrogen) atoms. The van der Waals surface area contributed by atoms with Gasteiger partial charge in [0, 0.05) is 16.9 Å². The molecule has 0 bridgehead atoms. The maximum Gasteiger partial charge on any atom is 0.338 e. The zero-order chi connectivity index (χ0) is 27.2. The molecule has 0 fully saturated rings. The lowest BCUT2D eigenvalue weighted by Crippen LogP contribution is -2.32. The van der Waals surface area contributed by atoms with Crippen molar-refractivity contribution in [2.24, 2.45) is 0 Å². The van der Waals surface area contributed by atoms with E-state index in [0.717, 1.165) is 17.7 Å². The lowest BCUT2D eigenvalue weighted by molar-refractivity contribution is -0.120. The molecule has 4 rings (SSSR count). The van der Waals surface area contributed by atoms with Gasteiger partial charge in [0.1, 0.15) is 16.5 Å². The standard InChI is InChI=1S/C28H23ClFN3O5/c1-2-3-16-38-28(37)18-6-14-22(15-7-18)33-26(35)23(29)24(27(33)36)31-20-10-4-17(5-11-20)25(34)32-21-12-8-19(30)9-13-21/h4-15,31H,2-3,16H2,1H3,(H,32,34). The van der Waals surface area contributed by atoms with Gasteiger partial charge >= 0.3 is 5.97 Å². The summed E-state index contributed by atoms with van der Waals surface area (Å²) in [6, 6.07) is 17.4. The van der Waals surface area contributed by atoms with Crippen molar-refractivity contribution in [2.45, 2.75) is 19.8 Å². The van der Waals surface area contributed by atoms with Gasteiger partial charge in [0.05, 0.1) is 17.9 Å². The number of carbonyl (C=O) groups excluding carboxylic acids is 4. The van der Waals surface area contributed by atoms with Gasteiger partial charge in [-0.1, -0.05) is 24.9 Å². The molecule has 3 aromatic carbocycles. The summed E-state index contributed by atoms with van der Waals surface area (Å²) < 4.78 is 18.2. The van der Waals surface area contributed by atoms with E-state index in [1.54, 1.807) is 12.1 Å². The number of unbranched alkanes of at least 4 members (excludes halogenated alkanes) is 1. The predicted molar refractivity (Wildman–Crippen MR) is 141 cm³/mol. The molecule has 3 amide bonds. The van der Waals surface area contributed by atoms with Crippen LogP contribution in [-0.2, 0) is 14.3 Å². The number of rotatable bonds is 9. The number of nitrogens with one attached hydrogen (secondary N) is 2. The molecule has 0 saturated carbocycles. The minimum atomic E-state index is -0.715. The number of carbonyl (C=O) groups is 4. The normalized spacial score (nSPS) is 13.1. The van der Waals surface area contributed by atoms with Crippen LogP contribution in [0.25, 0.3) is 0 Å². The summed E-state index contributed by atoms with van der Waals surface area (Å²) in [6.07, 6.45) is 1.65. The van der Waals surface area contributed by atoms with Crippen molar-refractivity contribution in [3.63, 3.8) is 0 Å². The Balaban J connectivity index is 1.41. The largest absolute Gasteiger partial charge is 0.462 e. The highest BCUT2D eigenvalue weighted by Crippen LogP contribution is 2.30. The first-order valence-corrected chi connectivity index (χ1v) is 12.2. The van der Waals surface area contributed by atoms with Crippen LogP contribution in [0, 0.1) is 5.82 Å². The Morgan fingerprint density at radius 3 is 2.11 bits per heavy atom. The Kier molecular flexibility index (Phi) is 8.18. The Hall–Kier alpha value is -4.50. The summed E-state index contributed by atoms with van der Waals surface area (Å²) in [7, 11) is 0. The van der Waals surface area contributed by atoms with Crippen LogP contribution < -0.4 is 15.5 Å². The summed E-state index contributed by atoms with van der Waals surface area (Å²) in [5.74, 6) is -2.69. The van der Waals surface area contributed by atoms with Crippen molar-refractivity contribution in [1.29, 1.82) is 0 Å². The number of amides is 3. The third-order valence-corrected chi connectivity index (χ3v) is 5.99. The van der Waals surface area contributed by atoms with Gasteiger partial charge in [0.25, 0.3) is 17.7 Å². The zero-order valence-corrected chi connectivity index (χ0v) is 21.0. The molecule has 1 heterocycles. The van der Waals surface area contributed by atoms with Crippen molar-refractivity contribution in [1.82, 2.24) is 0 Å². The first-order valence-electron chi connectivity index (χ1n) is 11.8. The molecule has 3 aromatic rings. The van der Waals surface area contributed by atoms with E-state index in [1.165, 1.54) is 60.7 Å². The molecular formula is C28H23ClFN3O5. The minimum Gasteiger partial charge on any atom is -0.462 e. The van der Waals surface area contributed by atoms with Crippen LogP contribution in [0.15, 0.2) is 83.5 Å². The number of benzene rings is 3. The van der Waals surface area contributed by atoms with E-state index >= 15 is 0 Å². The van der Waals surface area contributed by atoms with E-state index < -0.39 is 29.5 Å². The average Bonchev–Trinajstić information content (AvgIpc) is 3.13. The van der Waals surface area contributed by atoms with E-state index in [-0.39, 0.29) is 16.4 Å². The number of esters is 1. The molecule has 8 nitrogen and oxygen atoms in total. The maximum atomic E-state index is 13.1. The van der Waals surface area contributed by atoms with Gasteiger partial charge in [-0.05, 0) is 79.2 Å². The molecule has 0 spiro atoms. The number of hydrogen-bond donors (Lipinski definition) is 2. The highest BCUT2D eigenvalue weighted by molar-refractivity contribution is 6.53. The summed E-state index contributed by atoms with van der Waals surface area (Å²) in [4.78, 5) is 51.3. The molecule has 0 saturated heterocycles. The second-order valence-electron chi connectivity index (χ2n) is 8.33. The fraction of sp³-hybridized carbons (Fsp3) is 0.143. The molecule has 0 aromatic heterocycles. The molecule has 0 radical (unpaired) electrons. The number of imide groups is 1. The van der Waals surface area contributed by atoms with Gasteiger partial charge in [-0.15, -0.1) is 0 Å². The van der Waals surface area contributed by atoms with Crippen molar-refractivity contribution in [2.75, 3.05) is 22.1 Å². The second kappa shape index (κ2) is 11.7. The number of halogens is 2. The first-order chi connectivity index (χ1) is 18.3. The summed E-state index contributed by atoms with van der Waals surface area (Å²) in [5.41, 5.74) is 1.60. The van der Waals surface area contributed by atoms with Crippen LogP contribution in [0.4, 0.5) is 21.5 Å². The Labute approximate surface area is 223 Å². The van der Waals surface area contributed by atoms with Crippen LogP contribution in [-0.4, -0.2) is 30.3 Å². The lowest BCUT2D eigenvalue weighted by Gasteiger charge is -2.15. The number of nitrogens with zero attached hydrogens (tertiary/aromatic N) is 1. The molecule has 0 atom stereocenters. The molecule has 1 aliphatic rings. The van der Waals surface area contributed by atoms with Crippen LogP contribution in [0.2, 0.25) is 0 Å². The molecule has 1 aliphatic heterocycles. The molecule has 2 N–H and O–H groups in total. The number of anilines is 3. The van der Waals surface area contributed by atoms with Gasteiger partial charge < -0.3 is 15.4 Å². The monoisotopic (exact) mass is 535 g/mol. The SMILES string of the molecule is CCCCOC(=O)c1ccc(N2C(=O)C(Cl)=C(Nc3ccc(C(=O)Nc4ccc(F)cc4)cc3)C2=O)cc1. The van der Waals surface area contributed by atoms with Crippen LogP contribution in [0.1, 0.15) is 40.5 Å². The summed E-state index contributed by atoms with van der Waals surface area (Å²) in [6.45, 7) is 2.30. The van der Waals surface area contributed by atoms with Gasteiger partial charge in [-0.3, -0.25) is 14.4 Å². The van der Waals surface area contributed by atoms with Gasteiger partial charge in [-0.2, -0.15) is 0 Å². The number of ether oxygens (including phenoxy) is 1. The van der Waals surface area contributed by atoms with E-state index in [2.05, 4.69) is 10.6 Å². The molecule has 10 heteroatoms. The quantitative estimate of drug-likeness (QED) is 0.214. The highest BCUT2D eigenvalue weighted by atomic mass is 35.5. The summed E-state index contributed by atoms with van der Waals surface area (Å²) >= 11 is 6.19. The third-order valence-electron chi connectivity index (χ3n) is 5.64. The van der Waals surface area contributed by atoms with Gasteiger partial charge in [0.2, 0.25) is 0 Å². The van der Waals surface area contributed by atoms with Crippen molar-refractivity contribution >= 4 is 52.4 Å². The first kappa shape index (κ1) is 26.6. The molecular weight excluding hydrogens is 513 g/mol. The van der Waals surface area contributed by atoms with Crippen molar-refractivity contribution < 1.29 is 28.3 Å². The number of hydrogen-bond acceptors (Lipinski definition) is 6. The van der Waals surface area contributed by atoms with Crippen LogP contribution >= 0.6 is 11.6 Å². The lowest BCUT2D eigenvalue weighted by atomic mass is 10.2. The maximum absolute atomic E-state index is 13.1.